The van der Waals surface area contributed by atoms with E-state index in [0.29, 0.717) is 0 Å². The lowest BCUT2D eigenvalue weighted by Gasteiger charge is -2.01. The molecule has 0 aliphatic carbocycles. The van der Waals surface area contributed by atoms with Crippen molar-refractivity contribution in [3.63, 3.8) is 0 Å². The van der Waals surface area contributed by atoms with E-state index < -0.39 is 0 Å². The first-order valence-electron chi connectivity index (χ1n) is 4.66. The minimum Gasteiger partial charge on any atom is -0.358 e. The van der Waals surface area contributed by atoms with Gasteiger partial charge in [-0.1, -0.05) is 6.07 Å². The first-order valence-corrected chi connectivity index (χ1v) is 4.66. The lowest BCUT2D eigenvalue weighted by Crippen LogP contribution is -1.82. The molecule has 0 atom stereocenters. The van der Waals surface area contributed by atoms with Crippen LogP contribution >= 0.6 is 0 Å². The number of rotatable bonds is 0. The van der Waals surface area contributed by atoms with E-state index in [2.05, 4.69) is 44.8 Å². The molecule has 1 heteroatoms. The van der Waals surface area contributed by atoms with Crippen LogP contribution in [0.25, 0.3) is 10.9 Å². The van der Waals surface area contributed by atoms with Crippen molar-refractivity contribution in [3.05, 3.63) is 34.5 Å². The topological polar surface area (TPSA) is 15.8 Å². The summed E-state index contributed by atoms with van der Waals surface area (Å²) in [6.07, 6.45) is 0. The molecule has 0 aliphatic rings. The molecule has 68 valence electrons. The molecule has 0 amide bonds. The van der Waals surface area contributed by atoms with Gasteiger partial charge in [0.25, 0.3) is 0 Å². The Hall–Kier alpha value is -1.24. The van der Waals surface area contributed by atoms with E-state index in [9.17, 15) is 0 Å². The summed E-state index contributed by atoms with van der Waals surface area (Å²) in [6, 6.07) is 4.34. The highest BCUT2D eigenvalue weighted by Gasteiger charge is 2.07. The molecule has 0 unspecified atom stereocenters. The van der Waals surface area contributed by atoms with Gasteiger partial charge < -0.3 is 4.98 Å². The summed E-state index contributed by atoms with van der Waals surface area (Å²) in [7, 11) is 0. The minimum absolute atomic E-state index is 1.26. The number of hydrogen-bond donors (Lipinski definition) is 1. The third-order valence-electron chi connectivity index (χ3n) is 3.00. The molecule has 0 spiro atoms. The van der Waals surface area contributed by atoms with Gasteiger partial charge in [0, 0.05) is 16.6 Å². The van der Waals surface area contributed by atoms with Crippen molar-refractivity contribution in [1.82, 2.24) is 4.98 Å². The van der Waals surface area contributed by atoms with Crippen molar-refractivity contribution in [2.24, 2.45) is 0 Å². The Bertz CT molecular complexity index is 463. The van der Waals surface area contributed by atoms with E-state index in [1.54, 1.807) is 0 Å². The first-order chi connectivity index (χ1) is 6.11. The van der Waals surface area contributed by atoms with Gasteiger partial charge >= 0.3 is 0 Å². The van der Waals surface area contributed by atoms with Crippen LogP contribution in [0.3, 0.4) is 0 Å². The number of benzene rings is 1. The first kappa shape index (κ1) is 8.36. The largest absolute Gasteiger partial charge is 0.358 e. The van der Waals surface area contributed by atoms with Crippen LogP contribution in [0.1, 0.15) is 22.4 Å². The van der Waals surface area contributed by atoms with Crippen LogP contribution in [0.15, 0.2) is 12.1 Å². The molecule has 13 heavy (non-hydrogen) atoms. The number of H-pyrrole nitrogens is 1. The molecule has 0 fully saturated rings. The number of nitrogens with one attached hydrogen (secondary N) is 1. The van der Waals surface area contributed by atoms with E-state index >= 15 is 0 Å². The number of aromatic amines is 1. The Labute approximate surface area is 78.8 Å². The van der Waals surface area contributed by atoms with Crippen LogP contribution < -0.4 is 0 Å². The summed E-state index contributed by atoms with van der Waals surface area (Å²) in [4.78, 5) is 3.39. The highest BCUT2D eigenvalue weighted by Crippen LogP contribution is 2.26. The average molecular weight is 173 g/mol. The second kappa shape index (κ2) is 2.63. The monoisotopic (exact) mass is 173 g/mol. The Kier molecular flexibility index (Phi) is 1.69. The van der Waals surface area contributed by atoms with Gasteiger partial charge in [0.2, 0.25) is 0 Å². The lowest BCUT2D eigenvalue weighted by atomic mass is 10.0. The molecule has 0 aliphatic heterocycles. The standard InChI is InChI=1S/C12H15N/c1-7-5-6-11-12(8(7)2)9(3)10(4)13-11/h5-6,13H,1-4H3. The van der Waals surface area contributed by atoms with Crippen LogP contribution in [0.2, 0.25) is 0 Å². The van der Waals surface area contributed by atoms with Crippen LogP contribution in [0.4, 0.5) is 0 Å². The number of aromatic nitrogens is 1. The summed E-state index contributed by atoms with van der Waals surface area (Å²) >= 11 is 0. The maximum atomic E-state index is 3.39. The fraction of sp³-hybridized carbons (Fsp3) is 0.333. The van der Waals surface area contributed by atoms with Crippen molar-refractivity contribution >= 4 is 10.9 Å². The molecule has 1 aromatic carbocycles. The van der Waals surface area contributed by atoms with Crippen molar-refractivity contribution in [2.45, 2.75) is 27.7 Å². The summed E-state index contributed by atoms with van der Waals surface area (Å²) in [5, 5.41) is 1.40. The van der Waals surface area contributed by atoms with Gasteiger partial charge in [-0.25, -0.2) is 0 Å². The third kappa shape index (κ3) is 1.07. The Morgan fingerprint density at radius 1 is 0.923 bits per heavy atom. The van der Waals surface area contributed by atoms with E-state index in [4.69, 9.17) is 0 Å². The third-order valence-corrected chi connectivity index (χ3v) is 3.00. The predicted octanol–water partition coefficient (Wildman–Crippen LogP) is 3.40. The SMILES string of the molecule is Cc1ccc2[nH]c(C)c(C)c2c1C. The fourth-order valence-electron chi connectivity index (χ4n) is 1.89. The molecular formula is C12H15N. The number of fused-ring (bicyclic) bond motifs is 1. The normalized spacial score (nSPS) is 11.1. The van der Waals surface area contributed by atoms with Gasteiger partial charge in [-0.05, 0) is 50.5 Å². The molecule has 1 N–H and O–H groups in total. The number of aryl methyl sites for hydroxylation is 4. The lowest BCUT2D eigenvalue weighted by molar-refractivity contribution is 1.25. The Morgan fingerprint density at radius 2 is 1.62 bits per heavy atom. The van der Waals surface area contributed by atoms with Crippen LogP contribution in [-0.2, 0) is 0 Å². The van der Waals surface area contributed by atoms with Gasteiger partial charge in [0.15, 0.2) is 0 Å². The highest BCUT2D eigenvalue weighted by molar-refractivity contribution is 5.88. The predicted molar refractivity (Wildman–Crippen MR) is 57.2 cm³/mol. The quantitative estimate of drug-likeness (QED) is 0.628. The maximum Gasteiger partial charge on any atom is 0.0461 e. The van der Waals surface area contributed by atoms with Crippen molar-refractivity contribution in [2.75, 3.05) is 0 Å². The fourth-order valence-corrected chi connectivity index (χ4v) is 1.89. The molecule has 0 saturated heterocycles. The molecule has 1 aromatic heterocycles. The molecule has 0 saturated carbocycles. The van der Waals surface area contributed by atoms with E-state index in [1.165, 1.54) is 33.3 Å². The molecule has 2 rings (SSSR count). The van der Waals surface area contributed by atoms with Crippen LogP contribution in [0.5, 0.6) is 0 Å². The zero-order valence-electron chi connectivity index (χ0n) is 8.65. The van der Waals surface area contributed by atoms with Gasteiger partial charge in [-0.15, -0.1) is 0 Å². The van der Waals surface area contributed by atoms with Gasteiger partial charge in [0.1, 0.15) is 0 Å². The highest BCUT2D eigenvalue weighted by atomic mass is 14.7. The van der Waals surface area contributed by atoms with E-state index in [1.807, 2.05) is 0 Å². The van der Waals surface area contributed by atoms with Gasteiger partial charge in [-0.2, -0.15) is 0 Å². The molecule has 0 radical (unpaired) electrons. The average Bonchev–Trinajstić information content (AvgIpc) is 2.37. The second-order valence-electron chi connectivity index (χ2n) is 3.81. The van der Waals surface area contributed by atoms with Crippen molar-refractivity contribution in [3.8, 4) is 0 Å². The summed E-state index contributed by atoms with van der Waals surface area (Å²) in [5.74, 6) is 0. The molecule has 2 aromatic rings. The molecule has 1 heterocycles. The molecule has 1 nitrogen and oxygen atoms in total. The molecule has 0 bridgehead atoms. The maximum absolute atomic E-state index is 3.39. The zero-order valence-corrected chi connectivity index (χ0v) is 8.65. The zero-order chi connectivity index (χ0) is 9.59. The van der Waals surface area contributed by atoms with Crippen molar-refractivity contribution in [1.29, 1.82) is 0 Å². The van der Waals surface area contributed by atoms with Crippen LogP contribution in [0, 0.1) is 27.7 Å². The minimum atomic E-state index is 1.26. The Balaban J connectivity index is 2.97. The Morgan fingerprint density at radius 3 is 2.31 bits per heavy atom. The molecular weight excluding hydrogens is 158 g/mol. The van der Waals surface area contributed by atoms with Crippen LogP contribution in [-0.4, -0.2) is 4.98 Å². The second-order valence-corrected chi connectivity index (χ2v) is 3.81. The van der Waals surface area contributed by atoms with Gasteiger partial charge in [0.05, 0.1) is 0 Å². The van der Waals surface area contributed by atoms with E-state index in [0.717, 1.165) is 0 Å². The summed E-state index contributed by atoms with van der Waals surface area (Å²) in [6.45, 7) is 8.67. The van der Waals surface area contributed by atoms with E-state index in [-0.39, 0.29) is 0 Å². The number of hydrogen-bond acceptors (Lipinski definition) is 0. The summed E-state index contributed by atoms with van der Waals surface area (Å²) in [5.41, 5.74) is 6.70. The van der Waals surface area contributed by atoms with Crippen molar-refractivity contribution < 1.29 is 0 Å². The smallest absolute Gasteiger partial charge is 0.0461 e. The van der Waals surface area contributed by atoms with Gasteiger partial charge in [-0.3, -0.25) is 0 Å². The summed E-state index contributed by atoms with van der Waals surface area (Å²) < 4.78 is 0.